The number of hydrogen-bond acceptors (Lipinski definition) is 12. The van der Waals surface area contributed by atoms with Crippen molar-refractivity contribution in [2.75, 3.05) is 10.6 Å². The lowest BCUT2D eigenvalue weighted by Gasteiger charge is -2.26. The molecular formula is C39H30N6O10. The van der Waals surface area contributed by atoms with E-state index in [1.165, 1.54) is 24.3 Å². The maximum Gasteiger partial charge on any atom is 0.299 e. The van der Waals surface area contributed by atoms with Gasteiger partial charge in [-0.15, -0.1) is 0 Å². The van der Waals surface area contributed by atoms with Gasteiger partial charge in [-0.3, -0.25) is 40.5 Å². The van der Waals surface area contributed by atoms with E-state index < -0.39 is 31.1 Å². The molecule has 276 valence electrons. The Balaban J connectivity index is 1.05. The number of nitrogens with one attached hydrogen (secondary N) is 2. The lowest BCUT2D eigenvalue weighted by Crippen LogP contribution is -2.18. The molecule has 6 rings (SSSR count). The van der Waals surface area contributed by atoms with Gasteiger partial charge in [-0.05, 0) is 96.1 Å². The fourth-order valence-corrected chi connectivity index (χ4v) is 5.62. The Kier molecular flexibility index (Phi) is 10.3. The van der Waals surface area contributed by atoms with Crippen molar-refractivity contribution in [2.45, 2.75) is 19.3 Å². The van der Waals surface area contributed by atoms with Gasteiger partial charge in [0.2, 0.25) is 0 Å². The van der Waals surface area contributed by atoms with Crippen LogP contribution < -0.4 is 20.1 Å². The van der Waals surface area contributed by atoms with E-state index in [9.17, 15) is 40.5 Å². The van der Waals surface area contributed by atoms with Crippen molar-refractivity contribution in [2.24, 2.45) is 0 Å². The zero-order chi connectivity index (χ0) is 39.3. The van der Waals surface area contributed by atoms with Gasteiger partial charge < -0.3 is 20.1 Å². The molecule has 16 heteroatoms. The van der Waals surface area contributed by atoms with E-state index in [1.807, 2.05) is 48.5 Å². The number of non-ortho nitro benzene ring substituents is 2. The lowest BCUT2D eigenvalue weighted by molar-refractivity contribution is -0.393. The van der Waals surface area contributed by atoms with Crippen LogP contribution in [0, 0.1) is 40.5 Å². The SMILES string of the molecule is CC(C)(c1ccc(Oc2ccc(Nc3ccc([N+](=O)[O-])cc3[N+](=O)[O-])cc2)cc1)c1ccc(Oc2ccc(Nc3ccc([N+](=O)[O-])cc3[N+](=O)[O-])cc2)cc1. The van der Waals surface area contributed by atoms with Crippen LogP contribution in [0.25, 0.3) is 0 Å². The molecule has 0 aliphatic rings. The Labute approximate surface area is 312 Å². The lowest BCUT2D eigenvalue weighted by atomic mass is 9.78. The molecule has 2 N–H and O–H groups in total. The average Bonchev–Trinajstić information content (AvgIpc) is 3.17. The second kappa shape index (κ2) is 15.4. The first-order valence-electron chi connectivity index (χ1n) is 16.4. The summed E-state index contributed by atoms with van der Waals surface area (Å²) in [7, 11) is 0. The average molecular weight is 743 g/mol. The van der Waals surface area contributed by atoms with Gasteiger partial charge in [-0.2, -0.15) is 0 Å². The van der Waals surface area contributed by atoms with Crippen LogP contribution in [0.1, 0.15) is 25.0 Å². The van der Waals surface area contributed by atoms with Crippen LogP contribution >= 0.6 is 0 Å². The highest BCUT2D eigenvalue weighted by atomic mass is 16.6. The Morgan fingerprint density at radius 3 is 1.04 bits per heavy atom. The van der Waals surface area contributed by atoms with Gasteiger partial charge >= 0.3 is 0 Å². The van der Waals surface area contributed by atoms with Crippen LogP contribution in [0.15, 0.2) is 133 Å². The summed E-state index contributed by atoms with van der Waals surface area (Å²) in [6, 6.07) is 35.6. The van der Waals surface area contributed by atoms with Crippen LogP contribution in [0.5, 0.6) is 23.0 Å². The number of anilines is 4. The number of hydrogen-bond donors (Lipinski definition) is 2. The second-order valence-electron chi connectivity index (χ2n) is 12.6. The molecule has 0 saturated carbocycles. The summed E-state index contributed by atoms with van der Waals surface area (Å²) >= 11 is 0. The van der Waals surface area contributed by atoms with Crippen LogP contribution in [0.2, 0.25) is 0 Å². The summed E-state index contributed by atoms with van der Waals surface area (Å²) in [5.74, 6) is 2.26. The molecule has 0 aliphatic carbocycles. The van der Waals surface area contributed by atoms with E-state index in [0.29, 0.717) is 34.4 Å². The van der Waals surface area contributed by atoms with Crippen molar-refractivity contribution in [3.63, 3.8) is 0 Å². The number of nitrogens with zero attached hydrogens (tertiary/aromatic N) is 4. The molecule has 0 aromatic heterocycles. The third kappa shape index (κ3) is 8.61. The third-order valence-corrected chi connectivity index (χ3v) is 8.67. The predicted molar refractivity (Wildman–Crippen MR) is 204 cm³/mol. The summed E-state index contributed by atoms with van der Waals surface area (Å²) in [4.78, 5) is 42.2. The third-order valence-electron chi connectivity index (χ3n) is 8.67. The standard InChI is InChI=1S/C39H30N6O10/c1-39(2,25-3-13-31(14-4-25)54-33-17-7-27(8-18-33)40-35-21-11-29(42(46)47)23-37(35)44(50)51)26-5-15-32(16-6-26)55-34-19-9-28(10-20-34)41-36-22-12-30(43(48)49)24-38(36)45(52)53/h3-24,40-41H,1-2H3. The number of ether oxygens (including phenoxy) is 2. The van der Waals surface area contributed by atoms with Gasteiger partial charge in [0.1, 0.15) is 34.4 Å². The minimum atomic E-state index is -0.690. The fourth-order valence-electron chi connectivity index (χ4n) is 5.62. The summed E-state index contributed by atoms with van der Waals surface area (Å²) < 4.78 is 12.0. The van der Waals surface area contributed by atoms with Crippen LogP contribution in [-0.4, -0.2) is 19.7 Å². The van der Waals surface area contributed by atoms with Gasteiger partial charge in [0.25, 0.3) is 22.7 Å². The number of nitro groups is 4. The molecule has 16 nitrogen and oxygen atoms in total. The molecule has 6 aromatic rings. The maximum absolute atomic E-state index is 11.5. The van der Waals surface area contributed by atoms with Gasteiger partial charge in [-0.25, -0.2) is 0 Å². The zero-order valence-corrected chi connectivity index (χ0v) is 29.1. The first kappa shape index (κ1) is 36.9. The molecule has 0 amide bonds. The number of rotatable bonds is 14. The van der Waals surface area contributed by atoms with Crippen molar-refractivity contribution in [1.29, 1.82) is 0 Å². The zero-order valence-electron chi connectivity index (χ0n) is 29.1. The van der Waals surface area contributed by atoms with Crippen LogP contribution in [0.3, 0.4) is 0 Å². The summed E-state index contributed by atoms with van der Waals surface area (Å²) in [5, 5.41) is 50.8. The second-order valence-corrected chi connectivity index (χ2v) is 12.6. The molecule has 0 radical (unpaired) electrons. The topological polar surface area (TPSA) is 215 Å². The molecule has 0 aliphatic heterocycles. The molecule has 0 heterocycles. The molecule has 0 bridgehead atoms. The molecule has 0 fully saturated rings. The smallest absolute Gasteiger partial charge is 0.299 e. The van der Waals surface area contributed by atoms with Crippen molar-refractivity contribution in [1.82, 2.24) is 0 Å². The summed E-state index contributed by atoms with van der Waals surface area (Å²) in [5.41, 5.74) is 1.40. The largest absolute Gasteiger partial charge is 0.457 e. The Morgan fingerprint density at radius 1 is 0.436 bits per heavy atom. The van der Waals surface area contributed by atoms with Gasteiger partial charge in [0.05, 0.1) is 31.8 Å². The predicted octanol–water partition coefficient (Wildman–Crippen LogP) is 10.7. The van der Waals surface area contributed by atoms with E-state index in [-0.39, 0.29) is 28.2 Å². The minimum absolute atomic E-state index is 0.116. The molecule has 0 atom stereocenters. The molecule has 55 heavy (non-hydrogen) atoms. The molecule has 6 aromatic carbocycles. The van der Waals surface area contributed by atoms with Gasteiger partial charge in [0, 0.05) is 28.9 Å². The minimum Gasteiger partial charge on any atom is -0.457 e. The number of nitro benzene ring substituents is 4. The Morgan fingerprint density at radius 2 is 0.745 bits per heavy atom. The van der Waals surface area contributed by atoms with E-state index in [2.05, 4.69) is 24.5 Å². The van der Waals surface area contributed by atoms with E-state index in [4.69, 9.17) is 9.47 Å². The highest BCUT2D eigenvalue weighted by Gasteiger charge is 2.24. The van der Waals surface area contributed by atoms with E-state index in [1.54, 1.807) is 48.5 Å². The highest BCUT2D eigenvalue weighted by Crippen LogP contribution is 2.37. The Hall–Kier alpha value is -7.88. The van der Waals surface area contributed by atoms with E-state index in [0.717, 1.165) is 23.3 Å². The van der Waals surface area contributed by atoms with Crippen LogP contribution in [-0.2, 0) is 5.41 Å². The normalized spacial score (nSPS) is 10.9. The monoisotopic (exact) mass is 742 g/mol. The molecule has 0 saturated heterocycles. The molecular weight excluding hydrogens is 712 g/mol. The van der Waals surface area contributed by atoms with E-state index >= 15 is 0 Å². The van der Waals surface area contributed by atoms with Crippen molar-refractivity contribution >= 4 is 45.5 Å². The first-order valence-corrected chi connectivity index (χ1v) is 16.4. The number of benzene rings is 6. The summed E-state index contributed by atoms with van der Waals surface area (Å²) in [6.07, 6.45) is 0. The Bertz CT molecular complexity index is 2230. The van der Waals surface area contributed by atoms with Gasteiger partial charge in [-0.1, -0.05) is 38.1 Å². The quantitative estimate of drug-likeness (QED) is 0.0787. The van der Waals surface area contributed by atoms with Crippen molar-refractivity contribution in [3.8, 4) is 23.0 Å². The van der Waals surface area contributed by atoms with Crippen molar-refractivity contribution < 1.29 is 29.2 Å². The molecule has 0 unspecified atom stereocenters. The van der Waals surface area contributed by atoms with Crippen LogP contribution in [0.4, 0.5) is 45.5 Å². The van der Waals surface area contributed by atoms with Gasteiger partial charge in [0.15, 0.2) is 0 Å². The first-order chi connectivity index (χ1) is 26.3. The summed E-state index contributed by atoms with van der Waals surface area (Å²) in [6.45, 7) is 4.20. The highest BCUT2D eigenvalue weighted by molar-refractivity contribution is 5.73. The molecule has 0 spiro atoms. The fraction of sp³-hybridized carbons (Fsp3) is 0.0769. The van der Waals surface area contributed by atoms with Crippen molar-refractivity contribution in [3.05, 3.63) is 185 Å². The maximum atomic E-state index is 11.5.